The zero-order valence-electron chi connectivity index (χ0n) is 19.7. The van der Waals surface area contributed by atoms with Crippen molar-refractivity contribution in [3.63, 3.8) is 0 Å². The first kappa shape index (κ1) is 24.9. The first-order valence-electron chi connectivity index (χ1n) is 11.3. The number of imidazole rings is 1. The molecule has 0 saturated heterocycles. The van der Waals surface area contributed by atoms with Gasteiger partial charge in [-0.3, -0.25) is 4.79 Å². The molecule has 0 spiro atoms. The van der Waals surface area contributed by atoms with E-state index in [1.807, 2.05) is 13.8 Å². The minimum atomic E-state index is -4.55. The van der Waals surface area contributed by atoms with Crippen LogP contribution in [0.15, 0.2) is 48.5 Å². The van der Waals surface area contributed by atoms with Crippen LogP contribution in [0.5, 0.6) is 5.75 Å². The largest absolute Gasteiger partial charge is 0.486 e. The van der Waals surface area contributed by atoms with Crippen molar-refractivity contribution in [1.29, 1.82) is 0 Å². The van der Waals surface area contributed by atoms with Gasteiger partial charge in [-0.1, -0.05) is 35.9 Å². The van der Waals surface area contributed by atoms with Gasteiger partial charge in [0, 0.05) is 18.5 Å². The van der Waals surface area contributed by atoms with Gasteiger partial charge in [0.15, 0.2) is 0 Å². The van der Waals surface area contributed by atoms with Gasteiger partial charge < -0.3 is 20.4 Å². The fourth-order valence-electron chi connectivity index (χ4n) is 4.41. The fraction of sp³-hybridized carbons (Fsp3) is 0.231. The maximum atomic E-state index is 14.3. The number of hydrogen-bond acceptors (Lipinski definition) is 4. The Bertz CT molecular complexity index is 1510. The van der Waals surface area contributed by atoms with Gasteiger partial charge in [0.1, 0.15) is 17.2 Å². The Morgan fingerprint density at radius 1 is 1.19 bits per heavy atom. The number of amides is 1. The highest BCUT2D eigenvalue weighted by Gasteiger charge is 2.37. The first-order chi connectivity index (χ1) is 17.4. The van der Waals surface area contributed by atoms with Crippen LogP contribution in [0, 0.1) is 5.82 Å². The smallest absolute Gasteiger partial charge is 0.416 e. The standard InChI is InChI=1S/C26H21ClF4N4O2/c1-25(2)11-15-20-19(33-24(34-20)35-21-17(27)8-5-9-18(21)28)10-14(22(15)37-25)23(36)32-12-13-6-3-4-7-16(13)26(29,30)31/h3-10H,11-12H2,1-2H3,(H,32,36)(H2,33,34,35). The number of carbonyl (C=O) groups excluding carboxylic acids is 1. The van der Waals surface area contributed by atoms with Crippen molar-refractivity contribution in [3.8, 4) is 5.75 Å². The maximum Gasteiger partial charge on any atom is 0.416 e. The van der Waals surface area contributed by atoms with Crippen molar-refractivity contribution in [2.24, 2.45) is 0 Å². The van der Waals surface area contributed by atoms with Crippen LogP contribution in [0.4, 0.5) is 29.2 Å². The van der Waals surface area contributed by atoms with Crippen LogP contribution in [-0.2, 0) is 19.1 Å². The summed E-state index contributed by atoms with van der Waals surface area (Å²) in [4.78, 5) is 20.7. The third kappa shape index (κ3) is 4.81. The number of benzene rings is 3. The van der Waals surface area contributed by atoms with Crippen LogP contribution in [0.2, 0.25) is 5.02 Å². The summed E-state index contributed by atoms with van der Waals surface area (Å²) < 4.78 is 60.4. The molecule has 4 aromatic rings. The Kier molecular flexibility index (Phi) is 6.02. The highest BCUT2D eigenvalue weighted by atomic mass is 35.5. The lowest BCUT2D eigenvalue weighted by molar-refractivity contribution is -0.138. The number of hydrogen-bond donors (Lipinski definition) is 3. The maximum absolute atomic E-state index is 14.3. The Morgan fingerprint density at radius 2 is 1.95 bits per heavy atom. The minimum Gasteiger partial charge on any atom is -0.486 e. The molecule has 0 saturated carbocycles. The SMILES string of the molecule is CC1(C)Cc2c(c(C(=O)NCc3ccccc3C(F)(F)F)cc3nc(Nc4c(F)cccc4Cl)[nH]c23)O1. The number of carbonyl (C=O) groups is 1. The summed E-state index contributed by atoms with van der Waals surface area (Å²) in [6.07, 6.45) is -4.10. The first-order valence-corrected chi connectivity index (χ1v) is 11.7. The summed E-state index contributed by atoms with van der Waals surface area (Å²) >= 11 is 6.11. The van der Waals surface area contributed by atoms with E-state index in [-0.39, 0.29) is 34.3 Å². The number of aromatic amines is 1. The molecule has 3 aromatic carbocycles. The number of para-hydroxylation sites is 1. The van der Waals surface area contributed by atoms with E-state index in [0.29, 0.717) is 28.8 Å². The van der Waals surface area contributed by atoms with Crippen LogP contribution in [0.3, 0.4) is 0 Å². The third-order valence-corrected chi connectivity index (χ3v) is 6.34. The highest BCUT2D eigenvalue weighted by Crippen LogP contribution is 2.42. The second-order valence-corrected chi connectivity index (χ2v) is 9.72. The third-order valence-electron chi connectivity index (χ3n) is 6.03. The molecular formula is C26H21ClF4N4O2. The van der Waals surface area contributed by atoms with Gasteiger partial charge in [-0.2, -0.15) is 13.2 Å². The van der Waals surface area contributed by atoms with Crippen LogP contribution >= 0.6 is 11.6 Å². The van der Waals surface area contributed by atoms with Gasteiger partial charge in [-0.05, 0) is 43.7 Å². The minimum absolute atomic E-state index is 0.0396. The Balaban J connectivity index is 1.50. The number of rotatable bonds is 5. The van der Waals surface area contributed by atoms with E-state index in [1.54, 1.807) is 0 Å². The summed E-state index contributed by atoms with van der Waals surface area (Å²) in [7, 11) is 0. The number of aromatic nitrogens is 2. The molecule has 5 rings (SSSR count). The predicted octanol–water partition coefficient (Wildman–Crippen LogP) is 6.76. The Hall–Kier alpha value is -3.79. The highest BCUT2D eigenvalue weighted by molar-refractivity contribution is 6.33. The average molecular weight is 533 g/mol. The lowest BCUT2D eigenvalue weighted by atomic mass is 9.98. The molecule has 1 aliphatic heterocycles. The second-order valence-electron chi connectivity index (χ2n) is 9.31. The topological polar surface area (TPSA) is 79.0 Å². The molecule has 0 unspecified atom stereocenters. The Morgan fingerprint density at radius 3 is 2.68 bits per heavy atom. The number of halogens is 5. The van der Waals surface area contributed by atoms with E-state index < -0.39 is 29.1 Å². The molecule has 11 heteroatoms. The van der Waals surface area contributed by atoms with Crippen LogP contribution < -0.4 is 15.4 Å². The van der Waals surface area contributed by atoms with Gasteiger partial charge in [0.05, 0.1) is 32.9 Å². The second kappa shape index (κ2) is 8.95. The molecule has 0 bridgehead atoms. The number of H-pyrrole nitrogens is 1. The van der Waals surface area contributed by atoms with E-state index in [4.69, 9.17) is 16.3 Å². The molecule has 1 aromatic heterocycles. The number of fused-ring (bicyclic) bond motifs is 3. The summed E-state index contributed by atoms with van der Waals surface area (Å²) in [6, 6.07) is 10.8. The lowest BCUT2D eigenvalue weighted by Crippen LogP contribution is -2.27. The van der Waals surface area contributed by atoms with Crippen molar-refractivity contribution < 1.29 is 27.1 Å². The van der Waals surface area contributed by atoms with E-state index in [1.165, 1.54) is 42.5 Å². The molecule has 2 heterocycles. The number of nitrogens with zero attached hydrogens (tertiary/aromatic N) is 1. The van der Waals surface area contributed by atoms with Gasteiger partial charge in [0.2, 0.25) is 5.95 Å². The summed E-state index contributed by atoms with van der Waals surface area (Å²) in [5.74, 6) is -0.659. The fourth-order valence-corrected chi connectivity index (χ4v) is 4.62. The van der Waals surface area contributed by atoms with Crippen LogP contribution in [-0.4, -0.2) is 21.5 Å². The van der Waals surface area contributed by atoms with Crippen molar-refractivity contribution in [2.75, 3.05) is 5.32 Å². The van der Waals surface area contributed by atoms with Gasteiger partial charge in [0.25, 0.3) is 5.91 Å². The number of ether oxygens (including phenoxy) is 1. The van der Waals surface area contributed by atoms with Crippen molar-refractivity contribution in [2.45, 2.75) is 38.6 Å². The molecular weight excluding hydrogens is 512 g/mol. The Labute approximate surface area is 214 Å². The van der Waals surface area contributed by atoms with Crippen molar-refractivity contribution >= 4 is 40.2 Å². The molecule has 6 nitrogen and oxygen atoms in total. The number of alkyl halides is 3. The van der Waals surface area contributed by atoms with Crippen molar-refractivity contribution in [1.82, 2.24) is 15.3 Å². The number of anilines is 2. The van der Waals surface area contributed by atoms with Gasteiger partial charge in [-0.15, -0.1) is 0 Å². The van der Waals surface area contributed by atoms with E-state index in [2.05, 4.69) is 20.6 Å². The lowest BCUT2D eigenvalue weighted by Gasteiger charge is -2.18. The molecule has 37 heavy (non-hydrogen) atoms. The normalized spacial score (nSPS) is 14.4. The van der Waals surface area contributed by atoms with E-state index in [9.17, 15) is 22.4 Å². The summed E-state index contributed by atoms with van der Waals surface area (Å²) in [6.45, 7) is 3.38. The molecule has 0 radical (unpaired) electrons. The predicted molar refractivity (Wildman–Crippen MR) is 132 cm³/mol. The van der Waals surface area contributed by atoms with E-state index in [0.717, 1.165) is 6.07 Å². The van der Waals surface area contributed by atoms with Gasteiger partial charge in [-0.25, -0.2) is 9.37 Å². The van der Waals surface area contributed by atoms with E-state index >= 15 is 0 Å². The molecule has 192 valence electrons. The number of nitrogens with one attached hydrogen (secondary N) is 3. The monoisotopic (exact) mass is 532 g/mol. The quantitative estimate of drug-likeness (QED) is 0.248. The van der Waals surface area contributed by atoms with Crippen molar-refractivity contribution in [3.05, 3.63) is 81.6 Å². The average Bonchev–Trinajstić information content (AvgIpc) is 3.38. The van der Waals surface area contributed by atoms with Gasteiger partial charge >= 0.3 is 6.18 Å². The summed E-state index contributed by atoms with van der Waals surface area (Å²) in [5, 5.41) is 5.57. The molecule has 1 amide bonds. The van der Waals surface area contributed by atoms with Crippen LogP contribution in [0.25, 0.3) is 11.0 Å². The molecule has 3 N–H and O–H groups in total. The van der Waals surface area contributed by atoms with Crippen LogP contribution in [0.1, 0.15) is 40.9 Å². The molecule has 1 aliphatic rings. The zero-order valence-corrected chi connectivity index (χ0v) is 20.4. The zero-order chi connectivity index (χ0) is 26.5. The molecule has 0 atom stereocenters. The summed E-state index contributed by atoms with van der Waals surface area (Å²) in [5.41, 5.74) is 0.340. The molecule has 0 fully saturated rings. The molecule has 0 aliphatic carbocycles.